The van der Waals surface area contributed by atoms with Crippen molar-refractivity contribution in [3.63, 3.8) is 0 Å². The van der Waals surface area contributed by atoms with E-state index in [1.54, 1.807) is 105 Å². The molecule has 22 atom stereocenters. The van der Waals surface area contributed by atoms with Crippen molar-refractivity contribution in [1.29, 1.82) is 0 Å². The first-order valence-electron chi connectivity index (χ1n) is 34.3. The van der Waals surface area contributed by atoms with Gasteiger partial charge in [0.2, 0.25) is 47.3 Å². The molecule has 1 aromatic carbocycles. The summed E-state index contributed by atoms with van der Waals surface area (Å²) >= 11 is 0. The fourth-order valence-electron chi connectivity index (χ4n) is 12.8. The van der Waals surface area contributed by atoms with E-state index in [9.17, 15) is 84.0 Å². The molecule has 0 aliphatic carbocycles. The minimum Gasteiger partial charge on any atom is -0.480 e. The number of likely N-dealkylation sites (tertiary alicyclic amines) is 1. The maximum absolute atomic E-state index is 14.8. The van der Waals surface area contributed by atoms with Crippen molar-refractivity contribution in [1.82, 2.24) is 46.6 Å². The maximum Gasteiger partial charge on any atom is 0.328 e. The van der Waals surface area contributed by atoms with Crippen LogP contribution in [0.4, 0.5) is 0 Å². The quantitative estimate of drug-likeness (QED) is 0.0205. The third kappa shape index (κ3) is 24.5. The summed E-state index contributed by atoms with van der Waals surface area (Å²) in [6, 6.07) is -1.94. The number of hydrogen-bond donors (Lipinski definition) is 14. The number of benzene rings is 1. The normalized spacial score (nSPS) is 22.7. The molecule has 2 fully saturated rings. The topological polar surface area (TPSA) is 483 Å². The molecular weight excluding hydrogens is 1310 g/mol. The predicted molar refractivity (Wildman–Crippen MR) is 363 cm³/mol. The number of carbonyl (C=O) groups excluding carboxylic acids is 8. The van der Waals surface area contributed by atoms with Crippen molar-refractivity contribution in [2.75, 3.05) is 61.2 Å². The number of methoxy groups -OCH3 is 2. The Bertz CT molecular complexity index is 2840. The summed E-state index contributed by atoms with van der Waals surface area (Å²) < 4.78 is 23.3. The Labute approximate surface area is 586 Å². The lowest BCUT2D eigenvalue weighted by molar-refractivity contribution is -0.271. The number of carboxylic acid groups (broad SMARTS) is 1. The smallest absolute Gasteiger partial charge is 0.328 e. The number of hydrogen-bond acceptors (Lipinski definition) is 22. The van der Waals surface area contributed by atoms with Gasteiger partial charge in [0.1, 0.15) is 60.7 Å². The summed E-state index contributed by atoms with van der Waals surface area (Å²) in [5.74, 6) is -10.2. The number of aliphatic carboxylic acids is 1. The van der Waals surface area contributed by atoms with Gasteiger partial charge in [0.15, 0.2) is 12.3 Å². The molecule has 2 aliphatic heterocycles. The lowest BCUT2D eigenvalue weighted by Crippen LogP contribution is -2.65. The van der Waals surface area contributed by atoms with E-state index in [1.807, 2.05) is 13.8 Å². The number of amides is 8. The number of rotatable bonds is 42. The molecule has 0 saturated carbocycles. The third-order valence-corrected chi connectivity index (χ3v) is 19.1. The minimum absolute atomic E-state index is 0.0496. The Morgan fingerprint density at radius 2 is 1.30 bits per heavy atom. The molecule has 1 aromatic rings. The van der Waals surface area contributed by atoms with Crippen LogP contribution in [-0.4, -0.2) is 286 Å². The molecular formula is C67H114N12O21. The molecule has 2 saturated heterocycles. The van der Waals surface area contributed by atoms with E-state index in [4.69, 9.17) is 24.5 Å². The average molecular weight is 1420 g/mol. The molecule has 8 amide bonds. The monoisotopic (exact) mass is 1420 g/mol. The number of carboxylic acids is 1. The number of aliphatic hydroxyl groups excluding tert-OH is 7. The van der Waals surface area contributed by atoms with Gasteiger partial charge in [-0.2, -0.15) is 0 Å². The first kappa shape index (κ1) is 87.5. The van der Waals surface area contributed by atoms with Crippen molar-refractivity contribution in [3.05, 3.63) is 46.3 Å². The Hall–Kier alpha value is -6.72. The highest BCUT2D eigenvalue weighted by Gasteiger charge is 2.48. The molecule has 0 spiro atoms. The molecule has 0 bridgehead atoms. The summed E-state index contributed by atoms with van der Waals surface area (Å²) in [6.07, 6.45) is -13.7. The summed E-state index contributed by atoms with van der Waals surface area (Å²) in [6.45, 7) is 18.0. The fraction of sp³-hybridized carbons (Fsp3) is 0.776. The van der Waals surface area contributed by atoms with Crippen LogP contribution in [0.2, 0.25) is 0 Å². The second-order valence-electron chi connectivity index (χ2n) is 27.5. The van der Waals surface area contributed by atoms with E-state index in [0.717, 1.165) is 6.92 Å². The molecule has 2 heterocycles. The predicted octanol–water partition coefficient (Wildman–Crippen LogP) is -1.31. The zero-order valence-corrected chi connectivity index (χ0v) is 60.7. The highest BCUT2D eigenvalue weighted by atomic mass is 16.7. The van der Waals surface area contributed by atoms with Gasteiger partial charge in [-0.05, 0) is 60.6 Å². The zero-order chi connectivity index (χ0) is 75.7. The van der Waals surface area contributed by atoms with E-state index in [2.05, 4.69) is 41.9 Å². The van der Waals surface area contributed by atoms with Crippen molar-refractivity contribution in [3.8, 4) is 0 Å². The molecule has 22 unspecified atom stereocenters. The number of azide groups is 1. The Morgan fingerprint density at radius 3 is 1.83 bits per heavy atom. The van der Waals surface area contributed by atoms with Gasteiger partial charge in [-0.15, -0.1) is 0 Å². The maximum atomic E-state index is 14.8. The molecule has 33 heteroatoms. The molecule has 2 aliphatic rings. The van der Waals surface area contributed by atoms with Gasteiger partial charge in [0.05, 0.1) is 74.6 Å². The molecule has 568 valence electrons. The van der Waals surface area contributed by atoms with Crippen LogP contribution < -0.4 is 31.9 Å². The summed E-state index contributed by atoms with van der Waals surface area (Å²) in [5.41, 5.74) is 9.24. The molecule has 14 N–H and O–H groups in total. The lowest BCUT2D eigenvalue weighted by atomic mass is 9.89. The van der Waals surface area contributed by atoms with Crippen LogP contribution in [0.5, 0.6) is 0 Å². The molecule has 33 nitrogen and oxygen atoms in total. The van der Waals surface area contributed by atoms with Crippen LogP contribution in [0, 0.1) is 35.5 Å². The Kier molecular flexibility index (Phi) is 36.8. The van der Waals surface area contributed by atoms with Gasteiger partial charge in [0, 0.05) is 52.6 Å². The van der Waals surface area contributed by atoms with Crippen LogP contribution >= 0.6 is 0 Å². The fourth-order valence-corrected chi connectivity index (χ4v) is 12.8. The van der Waals surface area contributed by atoms with E-state index in [1.165, 1.54) is 31.1 Å². The van der Waals surface area contributed by atoms with Crippen LogP contribution in [-0.2, 0) is 68.5 Å². The number of aliphatic hydroxyl groups is 7. The summed E-state index contributed by atoms with van der Waals surface area (Å²) in [5, 5.41) is 102. The SMILES string of the molecule is CCC(C)C(NC(=O)C(Cc1ccccc1)NC(=O)C(C)C(OC)C1CCCN1C(=O)CC(OC)C(C(C)CC)N(C)C(=O)C(NC(=O)C(C(C)C)N(C)CC(O)C(O)C(O)C(O)CN=[N+]=[N-])C(C)C)C(=O)NC(C(=O)NC(COC1OC(CO)C(O)C(O)C1NC(C)=O)C(=O)O)C(C)C. The molecule has 0 radical (unpaired) electrons. The summed E-state index contributed by atoms with van der Waals surface area (Å²) in [7, 11) is 5.94. The number of nitrogens with zero attached hydrogens (tertiary/aromatic N) is 6. The van der Waals surface area contributed by atoms with Gasteiger partial charge in [0.25, 0.3) is 0 Å². The largest absolute Gasteiger partial charge is 0.480 e. The molecule has 100 heavy (non-hydrogen) atoms. The van der Waals surface area contributed by atoms with Crippen LogP contribution in [0.15, 0.2) is 35.4 Å². The van der Waals surface area contributed by atoms with Gasteiger partial charge in [-0.3, -0.25) is 43.3 Å². The first-order chi connectivity index (χ1) is 47.0. The molecule has 0 aromatic heterocycles. The lowest BCUT2D eigenvalue weighted by Gasteiger charge is -2.42. The zero-order valence-electron chi connectivity index (χ0n) is 60.7. The van der Waals surface area contributed by atoms with Crippen molar-refractivity contribution < 1.29 is 103 Å². The Morgan fingerprint density at radius 1 is 0.730 bits per heavy atom. The van der Waals surface area contributed by atoms with Gasteiger partial charge in [-0.25, -0.2) is 4.79 Å². The minimum atomic E-state index is -1.89. The standard InChI is InChI=1S/C67H114N12O21/c1-17-36(9)51(63(92)73-49(33(3)4)62(91)72-42(66(95)96)32-99-67-52(70-39(12)81)58(88)57(87)47(31-80)100-67)75-61(90)41(27-40-23-20-19-21-24-40)71-60(89)38(11)59(98-16)43-25-22-26-79(43)48(84)28-46(97-15)54(37(10)18-2)78(14)65(94)50(34(5)6)74-64(93)53(35(7)8)77(13)30-45(83)56(86)55(85)44(82)29-69-76-68/h19-21,23-24,33-38,41-47,49-59,67,80,82-83,85-88H,17-18,22,25-32H2,1-16H3,(H,70,81)(H,71,89)(H,72,91)(H,73,92)(H,74,93)(H,75,90)(H,95,96). The van der Waals surface area contributed by atoms with E-state index in [-0.39, 0.29) is 37.8 Å². The van der Waals surface area contributed by atoms with Crippen molar-refractivity contribution >= 4 is 53.2 Å². The van der Waals surface area contributed by atoms with Crippen molar-refractivity contribution in [2.24, 2.45) is 40.6 Å². The van der Waals surface area contributed by atoms with Crippen molar-refractivity contribution in [2.45, 2.75) is 237 Å². The highest BCUT2D eigenvalue weighted by Crippen LogP contribution is 2.31. The first-order valence-corrected chi connectivity index (χ1v) is 34.3. The number of ether oxygens (including phenoxy) is 4. The average Bonchev–Trinajstić information content (AvgIpc) is 1.14. The van der Waals surface area contributed by atoms with Crippen LogP contribution in [0.3, 0.4) is 0 Å². The highest BCUT2D eigenvalue weighted by molar-refractivity contribution is 5.96. The second kappa shape index (κ2) is 42.0. The number of carbonyl (C=O) groups is 9. The van der Waals surface area contributed by atoms with Gasteiger partial charge in [-0.1, -0.05) is 124 Å². The number of likely N-dealkylation sites (N-methyl/N-ethyl adjacent to an activating group) is 2. The van der Waals surface area contributed by atoms with E-state index >= 15 is 0 Å². The van der Waals surface area contributed by atoms with Crippen LogP contribution in [0.25, 0.3) is 10.4 Å². The number of nitrogens with one attached hydrogen (secondary N) is 6. The molecule has 3 rings (SSSR count). The second-order valence-corrected chi connectivity index (χ2v) is 27.5. The summed E-state index contributed by atoms with van der Waals surface area (Å²) in [4.78, 5) is 133. The van der Waals surface area contributed by atoms with Gasteiger partial charge >= 0.3 is 5.97 Å². The van der Waals surface area contributed by atoms with Crippen LogP contribution in [0.1, 0.15) is 121 Å². The van der Waals surface area contributed by atoms with E-state index < -0.39 is 212 Å². The Balaban J connectivity index is 1.86. The third-order valence-electron chi connectivity index (χ3n) is 19.1. The van der Waals surface area contributed by atoms with Gasteiger partial charge < -0.3 is 102 Å². The van der Waals surface area contributed by atoms with E-state index in [0.29, 0.717) is 31.2 Å².